The van der Waals surface area contributed by atoms with Gasteiger partial charge in [0.15, 0.2) is 0 Å². The van der Waals surface area contributed by atoms with E-state index in [0.29, 0.717) is 39.7 Å². The van der Waals surface area contributed by atoms with Crippen LogP contribution >= 0.6 is 23.2 Å². The average Bonchev–Trinajstić information content (AvgIpc) is 3.26. The fraction of sp³-hybridized carbons (Fsp3) is 0.421. The molecule has 154 valence electrons. The molecule has 1 saturated carbocycles. The molecule has 1 amide bonds. The number of hydrogen-bond donors (Lipinski definition) is 1. The number of rotatable bonds is 4. The van der Waals surface area contributed by atoms with E-state index in [2.05, 4.69) is 9.97 Å². The van der Waals surface area contributed by atoms with Gasteiger partial charge in [-0.25, -0.2) is 18.4 Å². The molecule has 1 aliphatic carbocycles. The Hall–Kier alpha value is -1.74. The summed E-state index contributed by atoms with van der Waals surface area (Å²) >= 11 is 12.3. The van der Waals surface area contributed by atoms with Crippen LogP contribution in [0.1, 0.15) is 41.7 Å². The zero-order valence-electron chi connectivity index (χ0n) is 15.7. The van der Waals surface area contributed by atoms with E-state index < -0.39 is 26.4 Å². The van der Waals surface area contributed by atoms with Crippen molar-refractivity contribution >= 4 is 38.9 Å². The molecule has 0 bridgehead atoms. The van der Waals surface area contributed by atoms with Crippen LogP contribution < -0.4 is 0 Å². The van der Waals surface area contributed by atoms with E-state index in [9.17, 15) is 18.3 Å². The Morgan fingerprint density at radius 2 is 1.83 bits per heavy atom. The van der Waals surface area contributed by atoms with Gasteiger partial charge in [0.25, 0.3) is 5.91 Å². The van der Waals surface area contributed by atoms with Gasteiger partial charge in [0.05, 0.1) is 29.4 Å². The lowest BCUT2D eigenvalue weighted by molar-refractivity contribution is 0.0272. The Labute approximate surface area is 178 Å². The normalized spacial score (nSPS) is 18.3. The number of nitrogens with zero attached hydrogens (tertiary/aromatic N) is 3. The van der Waals surface area contributed by atoms with Crippen LogP contribution in [0.5, 0.6) is 0 Å². The third-order valence-electron chi connectivity index (χ3n) is 5.67. The number of hydrogen-bond acceptors (Lipinski definition) is 6. The quantitative estimate of drug-likeness (QED) is 0.710. The topological polar surface area (TPSA) is 100 Å². The van der Waals surface area contributed by atoms with Crippen LogP contribution in [0, 0.1) is 0 Å². The van der Waals surface area contributed by atoms with Gasteiger partial charge in [-0.1, -0.05) is 36.0 Å². The van der Waals surface area contributed by atoms with E-state index in [4.69, 9.17) is 23.2 Å². The maximum atomic E-state index is 13.2. The predicted octanol–water partition coefficient (Wildman–Crippen LogP) is 3.11. The Morgan fingerprint density at radius 3 is 2.41 bits per heavy atom. The highest BCUT2D eigenvalue weighted by molar-refractivity contribution is 7.90. The van der Waals surface area contributed by atoms with Crippen LogP contribution in [0.2, 0.25) is 10.0 Å². The molecule has 2 aromatic rings. The first-order valence-corrected chi connectivity index (χ1v) is 11.8. The second-order valence-electron chi connectivity index (χ2n) is 7.56. The predicted molar refractivity (Wildman–Crippen MR) is 109 cm³/mol. The number of benzene rings is 1. The number of halogens is 2. The third kappa shape index (κ3) is 3.42. The van der Waals surface area contributed by atoms with E-state index in [0.717, 1.165) is 19.1 Å². The zero-order valence-corrected chi connectivity index (χ0v) is 18.0. The van der Waals surface area contributed by atoms with Crippen molar-refractivity contribution in [3.05, 3.63) is 39.5 Å². The number of amides is 1. The largest absolute Gasteiger partial charge is 0.394 e. The van der Waals surface area contributed by atoms with Gasteiger partial charge in [0.2, 0.25) is 15.0 Å². The molecule has 0 radical (unpaired) electrons. The third-order valence-corrected chi connectivity index (χ3v) is 7.06. The number of aliphatic hydroxyl groups excluding tert-OH is 1. The second kappa shape index (κ2) is 7.19. The Kier molecular flexibility index (Phi) is 5.09. The lowest BCUT2D eigenvalue weighted by Gasteiger charge is -2.37. The summed E-state index contributed by atoms with van der Waals surface area (Å²) in [5.74, 6) is -0.394. The lowest BCUT2D eigenvalue weighted by atomic mass is 9.96. The van der Waals surface area contributed by atoms with Crippen molar-refractivity contribution in [2.24, 2.45) is 0 Å². The monoisotopic (exact) mass is 455 g/mol. The Morgan fingerprint density at radius 1 is 1.17 bits per heavy atom. The Balaban J connectivity index is 1.92. The molecule has 4 rings (SSSR count). The van der Waals surface area contributed by atoms with Crippen molar-refractivity contribution in [2.75, 3.05) is 12.9 Å². The fourth-order valence-corrected chi connectivity index (χ4v) is 5.16. The van der Waals surface area contributed by atoms with E-state index in [1.165, 1.54) is 6.07 Å². The minimum Gasteiger partial charge on any atom is -0.394 e. The SMILES string of the molecule is CS(=O)(=O)c1nc2c(c(-c3ccc(Cl)cc3Cl)n1)CN(C1(CO)CCCC1)C2=O. The van der Waals surface area contributed by atoms with Gasteiger partial charge in [-0.3, -0.25) is 4.79 Å². The molecular formula is C19H19Cl2N3O4S. The number of aromatic nitrogens is 2. The van der Waals surface area contributed by atoms with E-state index >= 15 is 0 Å². The molecule has 1 aliphatic heterocycles. The van der Waals surface area contributed by atoms with E-state index in [1.807, 2.05) is 0 Å². The molecule has 1 aromatic carbocycles. The van der Waals surface area contributed by atoms with Crippen molar-refractivity contribution in [1.82, 2.24) is 14.9 Å². The maximum absolute atomic E-state index is 13.2. The first-order chi connectivity index (χ1) is 13.7. The Bertz CT molecular complexity index is 1110. The summed E-state index contributed by atoms with van der Waals surface area (Å²) in [7, 11) is -3.77. The minimum atomic E-state index is -3.77. The summed E-state index contributed by atoms with van der Waals surface area (Å²) in [6.07, 6.45) is 4.19. The number of carbonyl (C=O) groups excluding carboxylic acids is 1. The van der Waals surface area contributed by atoms with Crippen molar-refractivity contribution < 1.29 is 18.3 Å². The van der Waals surface area contributed by atoms with Crippen LogP contribution in [-0.4, -0.2) is 52.7 Å². The van der Waals surface area contributed by atoms with Crippen LogP contribution in [-0.2, 0) is 16.4 Å². The van der Waals surface area contributed by atoms with E-state index in [1.54, 1.807) is 17.0 Å². The summed E-state index contributed by atoms with van der Waals surface area (Å²) in [5, 5.41) is 10.3. The standard InChI is InChI=1S/C19H19Cl2N3O4S/c1-29(27,28)18-22-15(12-5-4-11(20)8-14(12)21)13-9-24(17(26)16(13)23-18)19(10-25)6-2-3-7-19/h4-5,8,25H,2-3,6-7,9-10H2,1H3. The number of sulfone groups is 1. The van der Waals surface area contributed by atoms with Crippen LogP contribution in [0.4, 0.5) is 0 Å². The molecule has 1 N–H and O–H groups in total. The minimum absolute atomic E-state index is 0.0427. The maximum Gasteiger partial charge on any atom is 0.273 e. The smallest absolute Gasteiger partial charge is 0.273 e. The average molecular weight is 456 g/mol. The molecule has 7 nitrogen and oxygen atoms in total. The molecule has 0 saturated heterocycles. The fourth-order valence-electron chi connectivity index (χ4n) is 4.15. The molecule has 0 unspecified atom stereocenters. The number of fused-ring (bicyclic) bond motifs is 1. The van der Waals surface area contributed by atoms with Gasteiger partial charge in [-0.15, -0.1) is 0 Å². The second-order valence-corrected chi connectivity index (χ2v) is 10.3. The molecule has 29 heavy (non-hydrogen) atoms. The van der Waals surface area contributed by atoms with Crippen molar-refractivity contribution in [2.45, 2.75) is 42.9 Å². The van der Waals surface area contributed by atoms with Crippen molar-refractivity contribution in [1.29, 1.82) is 0 Å². The summed E-state index contributed by atoms with van der Waals surface area (Å²) in [6, 6.07) is 4.80. The molecule has 2 aliphatic rings. The highest BCUT2D eigenvalue weighted by Crippen LogP contribution is 2.42. The summed E-state index contributed by atoms with van der Waals surface area (Å²) in [6.45, 7) is 0.0309. The summed E-state index contributed by atoms with van der Waals surface area (Å²) in [4.78, 5) is 23.2. The first kappa shape index (κ1) is 20.5. The van der Waals surface area contributed by atoms with Gasteiger partial charge in [0.1, 0.15) is 5.69 Å². The van der Waals surface area contributed by atoms with Gasteiger partial charge in [-0.2, -0.15) is 0 Å². The van der Waals surface area contributed by atoms with Crippen LogP contribution in [0.25, 0.3) is 11.3 Å². The molecule has 0 atom stereocenters. The molecule has 1 fully saturated rings. The molecule has 2 heterocycles. The lowest BCUT2D eigenvalue weighted by Crippen LogP contribution is -2.49. The van der Waals surface area contributed by atoms with Crippen molar-refractivity contribution in [3.8, 4) is 11.3 Å². The number of aliphatic hydroxyl groups is 1. The first-order valence-electron chi connectivity index (χ1n) is 9.15. The summed E-state index contributed by atoms with van der Waals surface area (Å²) in [5.41, 5.74) is 0.648. The number of carbonyl (C=O) groups is 1. The van der Waals surface area contributed by atoms with Gasteiger partial charge in [0, 0.05) is 22.4 Å². The molecular weight excluding hydrogens is 437 g/mol. The molecule has 10 heteroatoms. The van der Waals surface area contributed by atoms with Crippen molar-refractivity contribution in [3.63, 3.8) is 0 Å². The zero-order chi connectivity index (χ0) is 21.0. The van der Waals surface area contributed by atoms with Gasteiger partial charge in [-0.05, 0) is 31.0 Å². The van der Waals surface area contributed by atoms with Crippen LogP contribution in [0.15, 0.2) is 23.4 Å². The summed E-state index contributed by atoms with van der Waals surface area (Å²) < 4.78 is 24.3. The highest BCUT2D eigenvalue weighted by atomic mass is 35.5. The molecule has 0 spiro atoms. The van der Waals surface area contributed by atoms with Gasteiger partial charge >= 0.3 is 0 Å². The van der Waals surface area contributed by atoms with Gasteiger partial charge < -0.3 is 10.0 Å². The van der Waals surface area contributed by atoms with E-state index in [-0.39, 0.29) is 18.8 Å². The highest BCUT2D eigenvalue weighted by Gasteiger charge is 2.47. The van der Waals surface area contributed by atoms with Crippen LogP contribution in [0.3, 0.4) is 0 Å². The molecule has 1 aromatic heterocycles.